The maximum Gasteiger partial charge on any atom is 0.237 e. The first kappa shape index (κ1) is 6.85. The van der Waals surface area contributed by atoms with Crippen LogP contribution < -0.4 is 11.5 Å². The Morgan fingerprint density at radius 1 is 1.80 bits per heavy atom. The van der Waals surface area contributed by atoms with Crippen molar-refractivity contribution in [1.82, 2.24) is 4.90 Å². The molecule has 0 aromatic rings. The van der Waals surface area contributed by atoms with Crippen LogP contribution in [0.5, 0.6) is 0 Å². The van der Waals surface area contributed by atoms with Crippen LogP contribution in [-0.2, 0) is 4.79 Å². The molecule has 0 fully saturated rings. The molecule has 1 amide bonds. The molecule has 0 atom stereocenters. The first-order valence-electron chi connectivity index (χ1n) is 3.03. The molecule has 0 bridgehead atoms. The lowest BCUT2D eigenvalue weighted by atomic mass is 10.5. The molecule has 1 rings (SSSR count). The molecule has 0 saturated carbocycles. The van der Waals surface area contributed by atoms with E-state index in [1.54, 1.807) is 4.90 Å². The third-order valence-corrected chi connectivity index (χ3v) is 1.31. The second-order valence-corrected chi connectivity index (χ2v) is 2.13. The summed E-state index contributed by atoms with van der Waals surface area (Å²) in [5.41, 5.74) is 10.3. The molecule has 0 aliphatic carbocycles. The number of carbonyl (C=O) groups is 1. The average molecular weight is 142 g/mol. The second-order valence-electron chi connectivity index (χ2n) is 2.13. The number of aliphatic imine (C=N–C) groups is 1. The Bertz CT molecular complexity index is 176. The van der Waals surface area contributed by atoms with Crippen molar-refractivity contribution < 1.29 is 4.79 Å². The van der Waals surface area contributed by atoms with Gasteiger partial charge in [-0.2, -0.15) is 0 Å². The zero-order valence-electron chi connectivity index (χ0n) is 5.58. The predicted octanol–water partition coefficient (Wildman–Crippen LogP) is -1.90. The van der Waals surface area contributed by atoms with E-state index < -0.39 is 0 Å². The van der Waals surface area contributed by atoms with Gasteiger partial charge in [-0.15, -0.1) is 0 Å². The summed E-state index contributed by atoms with van der Waals surface area (Å²) in [7, 11) is 0. The van der Waals surface area contributed by atoms with E-state index in [9.17, 15) is 4.79 Å². The van der Waals surface area contributed by atoms with Crippen LogP contribution in [0.25, 0.3) is 0 Å². The van der Waals surface area contributed by atoms with Crippen LogP contribution >= 0.6 is 0 Å². The van der Waals surface area contributed by atoms with Crippen LogP contribution in [0.2, 0.25) is 0 Å². The second kappa shape index (κ2) is 2.55. The molecule has 1 aliphatic heterocycles. The van der Waals surface area contributed by atoms with Crippen molar-refractivity contribution >= 4 is 11.9 Å². The Balaban J connectivity index is 2.43. The Hall–Kier alpha value is -1.26. The zero-order valence-corrected chi connectivity index (χ0v) is 5.58. The summed E-state index contributed by atoms with van der Waals surface area (Å²) in [6, 6.07) is 0. The lowest BCUT2D eigenvalue weighted by Gasteiger charge is -2.13. The lowest BCUT2D eigenvalue weighted by molar-refractivity contribution is -0.118. The highest BCUT2D eigenvalue weighted by Gasteiger charge is 2.14. The Morgan fingerprint density at radius 2 is 2.50 bits per heavy atom. The van der Waals surface area contributed by atoms with E-state index in [4.69, 9.17) is 11.5 Å². The molecule has 1 heterocycles. The minimum atomic E-state index is -0.375. The van der Waals surface area contributed by atoms with Crippen LogP contribution in [-0.4, -0.2) is 36.4 Å². The Kier molecular flexibility index (Phi) is 1.75. The molecule has 4 N–H and O–H groups in total. The van der Waals surface area contributed by atoms with Crippen LogP contribution in [0.15, 0.2) is 4.99 Å². The fourth-order valence-corrected chi connectivity index (χ4v) is 0.848. The van der Waals surface area contributed by atoms with Crippen LogP contribution in [0, 0.1) is 0 Å². The summed E-state index contributed by atoms with van der Waals surface area (Å²) in [6.07, 6.45) is 0. The van der Waals surface area contributed by atoms with E-state index in [1.165, 1.54) is 0 Å². The number of amides is 1. The van der Waals surface area contributed by atoms with Crippen LogP contribution in [0.1, 0.15) is 0 Å². The van der Waals surface area contributed by atoms with E-state index in [2.05, 4.69) is 4.99 Å². The number of primary amides is 1. The van der Waals surface area contributed by atoms with E-state index >= 15 is 0 Å². The minimum absolute atomic E-state index is 0.176. The van der Waals surface area contributed by atoms with Crippen molar-refractivity contribution in [2.75, 3.05) is 19.6 Å². The fraction of sp³-hybridized carbons (Fsp3) is 0.600. The molecule has 0 saturated heterocycles. The standard InChI is InChI=1S/C5H10N4O/c6-4(10)3-9-2-1-8-5(9)7/h1-3H2,(H2,6,10)(H2,7,8). The largest absolute Gasteiger partial charge is 0.370 e. The zero-order chi connectivity index (χ0) is 7.56. The number of carbonyl (C=O) groups excluding carboxylic acids is 1. The van der Waals surface area contributed by atoms with Crippen molar-refractivity contribution in [1.29, 1.82) is 0 Å². The Morgan fingerprint density at radius 3 is 2.90 bits per heavy atom. The van der Waals surface area contributed by atoms with Gasteiger partial charge in [-0.1, -0.05) is 0 Å². The SMILES string of the molecule is NC(=O)CN1CCN=C1N. The van der Waals surface area contributed by atoms with Crippen LogP contribution in [0.3, 0.4) is 0 Å². The molecule has 1 aliphatic rings. The van der Waals surface area contributed by atoms with Crippen LogP contribution in [0.4, 0.5) is 0 Å². The smallest absolute Gasteiger partial charge is 0.237 e. The summed E-state index contributed by atoms with van der Waals surface area (Å²) in [5, 5.41) is 0. The number of guanidine groups is 1. The van der Waals surface area contributed by atoms with Gasteiger partial charge in [-0.05, 0) is 0 Å². The van der Waals surface area contributed by atoms with Gasteiger partial charge >= 0.3 is 0 Å². The summed E-state index contributed by atoms with van der Waals surface area (Å²) in [5.74, 6) is 0.0406. The fourth-order valence-electron chi connectivity index (χ4n) is 0.848. The maximum atomic E-state index is 10.4. The molecule has 0 aromatic carbocycles. The number of hydrogen-bond donors (Lipinski definition) is 2. The van der Waals surface area contributed by atoms with E-state index in [0.29, 0.717) is 19.0 Å². The quantitative estimate of drug-likeness (QED) is 0.472. The number of rotatable bonds is 2. The van der Waals surface area contributed by atoms with Gasteiger partial charge in [0.15, 0.2) is 5.96 Å². The van der Waals surface area contributed by atoms with Crippen molar-refractivity contribution in [3.05, 3.63) is 0 Å². The van der Waals surface area contributed by atoms with Gasteiger partial charge in [0, 0.05) is 6.54 Å². The first-order chi connectivity index (χ1) is 4.70. The highest BCUT2D eigenvalue weighted by atomic mass is 16.1. The van der Waals surface area contributed by atoms with E-state index in [-0.39, 0.29) is 12.5 Å². The molecule has 5 nitrogen and oxygen atoms in total. The molecule has 0 unspecified atom stereocenters. The number of hydrogen-bond acceptors (Lipinski definition) is 4. The number of nitrogens with zero attached hydrogens (tertiary/aromatic N) is 2. The summed E-state index contributed by atoms with van der Waals surface area (Å²) in [4.78, 5) is 15.9. The van der Waals surface area contributed by atoms with Gasteiger partial charge < -0.3 is 16.4 Å². The number of nitrogens with two attached hydrogens (primary N) is 2. The average Bonchev–Trinajstić information content (AvgIpc) is 2.15. The van der Waals surface area contributed by atoms with E-state index in [1.807, 2.05) is 0 Å². The molecule has 56 valence electrons. The maximum absolute atomic E-state index is 10.4. The minimum Gasteiger partial charge on any atom is -0.370 e. The summed E-state index contributed by atoms with van der Waals surface area (Å²) in [6.45, 7) is 1.54. The van der Waals surface area contributed by atoms with Gasteiger partial charge in [0.2, 0.25) is 5.91 Å². The third kappa shape index (κ3) is 1.37. The van der Waals surface area contributed by atoms with Gasteiger partial charge in [0.25, 0.3) is 0 Å². The normalized spacial score (nSPS) is 17.2. The van der Waals surface area contributed by atoms with Crippen molar-refractivity contribution in [2.45, 2.75) is 0 Å². The molecule has 0 spiro atoms. The molecule has 0 radical (unpaired) electrons. The molecule has 5 heteroatoms. The van der Waals surface area contributed by atoms with E-state index in [0.717, 1.165) is 0 Å². The molecular formula is C5H10N4O. The first-order valence-corrected chi connectivity index (χ1v) is 3.03. The summed E-state index contributed by atoms with van der Waals surface area (Å²) >= 11 is 0. The van der Waals surface area contributed by atoms with Gasteiger partial charge in [0.05, 0.1) is 13.1 Å². The van der Waals surface area contributed by atoms with Gasteiger partial charge in [0.1, 0.15) is 0 Å². The monoisotopic (exact) mass is 142 g/mol. The van der Waals surface area contributed by atoms with Crippen molar-refractivity contribution in [2.24, 2.45) is 16.5 Å². The topological polar surface area (TPSA) is 84.7 Å². The highest BCUT2D eigenvalue weighted by Crippen LogP contribution is 1.94. The van der Waals surface area contributed by atoms with Gasteiger partial charge in [-0.25, -0.2) is 0 Å². The Labute approximate surface area is 58.7 Å². The van der Waals surface area contributed by atoms with Crippen molar-refractivity contribution in [3.8, 4) is 0 Å². The molecule has 0 aromatic heterocycles. The molecule has 10 heavy (non-hydrogen) atoms. The highest BCUT2D eigenvalue weighted by molar-refractivity contribution is 5.85. The van der Waals surface area contributed by atoms with Gasteiger partial charge in [-0.3, -0.25) is 9.79 Å². The summed E-state index contributed by atoms with van der Waals surface area (Å²) < 4.78 is 0. The third-order valence-electron chi connectivity index (χ3n) is 1.31. The predicted molar refractivity (Wildman–Crippen MR) is 37.3 cm³/mol. The van der Waals surface area contributed by atoms with Crippen molar-refractivity contribution in [3.63, 3.8) is 0 Å². The lowest BCUT2D eigenvalue weighted by Crippen LogP contribution is -2.40. The molecular weight excluding hydrogens is 132 g/mol.